The minimum atomic E-state index is -0.505. The Hall–Kier alpha value is -2.46. The lowest BCUT2D eigenvalue weighted by Gasteiger charge is -2.36. The first kappa shape index (κ1) is 31.0. The summed E-state index contributed by atoms with van der Waals surface area (Å²) < 4.78 is 11.7. The monoisotopic (exact) mass is 610 g/mol. The number of rotatable bonds is 14. The molecule has 42 heavy (non-hydrogen) atoms. The molecule has 7 nitrogen and oxygen atoms in total. The number of piperazine rings is 1. The zero-order valence-electron chi connectivity index (χ0n) is 24.8. The first-order valence-electron chi connectivity index (χ1n) is 15.0. The summed E-state index contributed by atoms with van der Waals surface area (Å²) in [5.41, 5.74) is 2.49. The van der Waals surface area contributed by atoms with Crippen molar-refractivity contribution in [2.24, 2.45) is 0 Å². The summed E-state index contributed by atoms with van der Waals surface area (Å²) in [7, 11) is 1.99. The standard InChI is InChI=1S/C33H43ClN4O3S/c1-3-35(2)24-27(39)25-41-29-12-10-28(11-13-29)40-22-21-37-19-17-36(18-20-37)15-6-16-38-30-7-4-5-8-32(30)42-33-14-9-26(34)23-31(33)38/h4-5,7-14,23,27,39H,3,6,15-22,24-25H2,1-2H3/t27-/m0/s1. The smallest absolute Gasteiger partial charge is 0.119 e. The maximum Gasteiger partial charge on any atom is 0.119 e. The fraction of sp³-hybridized carbons (Fsp3) is 0.455. The van der Waals surface area contributed by atoms with E-state index in [1.807, 2.05) is 49.1 Å². The molecule has 2 aliphatic rings. The fourth-order valence-electron chi connectivity index (χ4n) is 5.39. The Labute approximate surface area is 259 Å². The Morgan fingerprint density at radius 2 is 1.52 bits per heavy atom. The lowest BCUT2D eigenvalue weighted by molar-refractivity contribution is 0.0778. The first-order valence-corrected chi connectivity index (χ1v) is 16.2. The number of nitrogens with zero attached hydrogens (tertiary/aromatic N) is 4. The van der Waals surface area contributed by atoms with Gasteiger partial charge < -0.3 is 29.3 Å². The zero-order chi connectivity index (χ0) is 29.3. The van der Waals surface area contributed by atoms with Crippen LogP contribution in [0.15, 0.2) is 76.5 Å². The number of halogens is 1. The summed E-state index contributed by atoms with van der Waals surface area (Å²) in [4.78, 5) is 12.1. The number of ether oxygens (including phenoxy) is 2. The number of hydrogen-bond acceptors (Lipinski definition) is 8. The van der Waals surface area contributed by atoms with E-state index in [2.05, 4.69) is 62.9 Å². The summed E-state index contributed by atoms with van der Waals surface area (Å²) in [6.45, 7) is 11.8. The molecule has 0 spiro atoms. The van der Waals surface area contributed by atoms with Crippen LogP contribution in [0, 0.1) is 0 Å². The third-order valence-corrected chi connectivity index (χ3v) is 9.28. The average Bonchev–Trinajstić information content (AvgIpc) is 3.01. The van der Waals surface area contributed by atoms with Gasteiger partial charge in [0.15, 0.2) is 0 Å². The van der Waals surface area contributed by atoms with E-state index in [4.69, 9.17) is 21.1 Å². The number of para-hydroxylation sites is 1. The van der Waals surface area contributed by atoms with Crippen LogP contribution in [0.25, 0.3) is 0 Å². The second-order valence-corrected chi connectivity index (χ2v) is 12.5. The molecule has 5 rings (SSSR count). The molecule has 0 radical (unpaired) electrons. The van der Waals surface area contributed by atoms with E-state index in [0.717, 1.165) is 75.3 Å². The third kappa shape index (κ3) is 8.56. The van der Waals surface area contributed by atoms with Crippen molar-refractivity contribution in [3.63, 3.8) is 0 Å². The minimum Gasteiger partial charge on any atom is -0.492 e. The van der Waals surface area contributed by atoms with Crippen molar-refractivity contribution in [3.05, 3.63) is 71.8 Å². The van der Waals surface area contributed by atoms with E-state index in [1.165, 1.54) is 21.2 Å². The van der Waals surface area contributed by atoms with Crippen molar-refractivity contribution in [2.45, 2.75) is 29.2 Å². The molecule has 1 fully saturated rings. The van der Waals surface area contributed by atoms with Gasteiger partial charge in [0, 0.05) is 60.6 Å². The molecule has 2 heterocycles. The number of aliphatic hydroxyl groups excluding tert-OH is 1. The SMILES string of the molecule is CCN(C)C[C@H](O)COc1ccc(OCCN2CCN(CCCN3c4ccccc4Sc4ccc(Cl)cc43)CC2)cc1. The van der Waals surface area contributed by atoms with Gasteiger partial charge in [-0.2, -0.15) is 0 Å². The van der Waals surface area contributed by atoms with Gasteiger partial charge in [-0.05, 0) is 81.2 Å². The molecule has 0 aromatic heterocycles. The van der Waals surface area contributed by atoms with Crippen molar-refractivity contribution in [2.75, 3.05) is 84.1 Å². The van der Waals surface area contributed by atoms with Gasteiger partial charge in [-0.1, -0.05) is 42.4 Å². The van der Waals surface area contributed by atoms with Crippen LogP contribution in [0.3, 0.4) is 0 Å². The van der Waals surface area contributed by atoms with E-state index in [1.54, 1.807) is 0 Å². The minimum absolute atomic E-state index is 0.282. The fourth-order valence-corrected chi connectivity index (χ4v) is 6.63. The highest BCUT2D eigenvalue weighted by Gasteiger charge is 2.24. The van der Waals surface area contributed by atoms with Crippen LogP contribution in [0.4, 0.5) is 11.4 Å². The predicted octanol–water partition coefficient (Wildman–Crippen LogP) is 5.72. The van der Waals surface area contributed by atoms with Crippen LogP contribution in [0.1, 0.15) is 13.3 Å². The van der Waals surface area contributed by atoms with Gasteiger partial charge in [-0.3, -0.25) is 4.90 Å². The number of anilines is 2. The molecular weight excluding hydrogens is 568 g/mol. The first-order chi connectivity index (χ1) is 20.5. The van der Waals surface area contributed by atoms with Crippen molar-refractivity contribution in [3.8, 4) is 11.5 Å². The van der Waals surface area contributed by atoms with Gasteiger partial charge in [-0.25, -0.2) is 0 Å². The lowest BCUT2D eigenvalue weighted by Crippen LogP contribution is -2.47. The normalized spacial score (nSPS) is 16.3. The molecule has 1 saturated heterocycles. The summed E-state index contributed by atoms with van der Waals surface area (Å²) in [5.74, 6) is 1.58. The Kier molecular flexibility index (Phi) is 11.3. The van der Waals surface area contributed by atoms with Crippen molar-refractivity contribution < 1.29 is 14.6 Å². The van der Waals surface area contributed by atoms with Gasteiger partial charge in [0.25, 0.3) is 0 Å². The largest absolute Gasteiger partial charge is 0.492 e. The average molecular weight is 611 g/mol. The van der Waals surface area contributed by atoms with Gasteiger partial charge in [-0.15, -0.1) is 0 Å². The van der Waals surface area contributed by atoms with Gasteiger partial charge in [0.05, 0.1) is 11.4 Å². The molecule has 0 saturated carbocycles. The van der Waals surface area contributed by atoms with Gasteiger partial charge in [0.2, 0.25) is 0 Å². The highest BCUT2D eigenvalue weighted by Crippen LogP contribution is 2.48. The van der Waals surface area contributed by atoms with Crippen LogP contribution in [0.2, 0.25) is 5.02 Å². The van der Waals surface area contributed by atoms with Crippen LogP contribution in [0.5, 0.6) is 11.5 Å². The quantitative estimate of drug-likeness (QED) is 0.249. The molecule has 1 N–H and O–H groups in total. The zero-order valence-corrected chi connectivity index (χ0v) is 26.3. The highest BCUT2D eigenvalue weighted by molar-refractivity contribution is 7.99. The van der Waals surface area contributed by atoms with E-state index in [0.29, 0.717) is 13.2 Å². The van der Waals surface area contributed by atoms with Crippen molar-refractivity contribution in [1.82, 2.24) is 14.7 Å². The summed E-state index contributed by atoms with van der Waals surface area (Å²) in [5, 5.41) is 10.9. The number of benzene rings is 3. The lowest BCUT2D eigenvalue weighted by atomic mass is 10.2. The number of fused-ring (bicyclic) bond motifs is 2. The van der Waals surface area contributed by atoms with Gasteiger partial charge >= 0.3 is 0 Å². The Morgan fingerprint density at radius 3 is 2.26 bits per heavy atom. The van der Waals surface area contributed by atoms with Crippen LogP contribution >= 0.6 is 23.4 Å². The molecular formula is C33H43ClN4O3S. The molecule has 9 heteroatoms. The topological polar surface area (TPSA) is 51.7 Å². The van der Waals surface area contributed by atoms with Crippen LogP contribution in [-0.4, -0.2) is 105 Å². The molecule has 0 bridgehead atoms. The molecule has 0 unspecified atom stereocenters. The molecule has 0 aliphatic carbocycles. The Bertz CT molecular complexity index is 1270. The number of likely N-dealkylation sites (N-methyl/N-ethyl adjacent to an activating group) is 1. The second-order valence-electron chi connectivity index (χ2n) is 11.0. The maximum atomic E-state index is 10.1. The predicted molar refractivity (Wildman–Crippen MR) is 173 cm³/mol. The Morgan fingerprint density at radius 1 is 0.857 bits per heavy atom. The second kappa shape index (κ2) is 15.3. The Balaban J connectivity index is 0.994. The van der Waals surface area contributed by atoms with Crippen molar-refractivity contribution in [1.29, 1.82) is 0 Å². The van der Waals surface area contributed by atoms with Crippen LogP contribution in [-0.2, 0) is 0 Å². The van der Waals surface area contributed by atoms with Crippen molar-refractivity contribution >= 4 is 34.7 Å². The van der Waals surface area contributed by atoms with E-state index in [9.17, 15) is 5.11 Å². The molecule has 1 atom stereocenters. The summed E-state index contributed by atoms with van der Waals surface area (Å²) >= 11 is 8.21. The molecule has 3 aromatic carbocycles. The summed E-state index contributed by atoms with van der Waals surface area (Å²) in [6, 6.07) is 22.6. The van der Waals surface area contributed by atoms with E-state index >= 15 is 0 Å². The van der Waals surface area contributed by atoms with E-state index < -0.39 is 6.10 Å². The molecule has 226 valence electrons. The maximum absolute atomic E-state index is 10.1. The molecule has 3 aromatic rings. The third-order valence-electron chi connectivity index (χ3n) is 7.91. The van der Waals surface area contributed by atoms with Crippen LogP contribution < -0.4 is 14.4 Å². The molecule has 0 amide bonds. The number of hydrogen-bond donors (Lipinski definition) is 1. The molecule has 2 aliphatic heterocycles. The number of aliphatic hydroxyl groups is 1. The van der Waals surface area contributed by atoms with Gasteiger partial charge in [0.1, 0.15) is 30.8 Å². The highest BCUT2D eigenvalue weighted by atomic mass is 35.5. The summed E-state index contributed by atoms with van der Waals surface area (Å²) in [6.07, 6.45) is 0.595. The van der Waals surface area contributed by atoms with E-state index in [-0.39, 0.29) is 6.61 Å².